The third-order valence-corrected chi connectivity index (χ3v) is 2.40. The van der Waals surface area contributed by atoms with Gasteiger partial charge in [0.2, 0.25) is 0 Å². The highest BCUT2D eigenvalue weighted by Crippen LogP contribution is 2.06. The van der Waals surface area contributed by atoms with Gasteiger partial charge in [-0.2, -0.15) is 5.26 Å². The van der Waals surface area contributed by atoms with E-state index < -0.39 is 0 Å². The molecule has 0 unspecified atom stereocenters. The Morgan fingerprint density at radius 2 is 1.94 bits per heavy atom. The first-order valence-corrected chi connectivity index (χ1v) is 5.86. The van der Waals surface area contributed by atoms with E-state index in [9.17, 15) is 0 Å². The normalized spacial score (nSPS) is 8.50. The SMILES string of the molecule is N#Cc1[c]ccc(CBr)c1.[c]1ccccc1. The lowest BCUT2D eigenvalue weighted by molar-refractivity contribution is 1.39. The van der Waals surface area contributed by atoms with Crippen LogP contribution in [0.25, 0.3) is 0 Å². The Bertz CT molecular complexity index is 419. The van der Waals surface area contributed by atoms with Crippen LogP contribution in [-0.4, -0.2) is 0 Å². The van der Waals surface area contributed by atoms with E-state index in [4.69, 9.17) is 5.26 Å². The van der Waals surface area contributed by atoms with Crippen molar-refractivity contribution >= 4 is 15.9 Å². The molecule has 0 aromatic heterocycles. The third-order valence-electron chi connectivity index (χ3n) is 1.75. The Kier molecular flexibility index (Phi) is 5.98. The number of alkyl halides is 1. The van der Waals surface area contributed by atoms with Crippen LogP contribution in [0.5, 0.6) is 0 Å². The van der Waals surface area contributed by atoms with Crippen molar-refractivity contribution in [2.24, 2.45) is 0 Å². The Balaban J connectivity index is 0.000000181. The molecule has 0 spiro atoms. The molecule has 0 heterocycles. The standard InChI is InChI=1S/C8H5BrN.C6H5/c9-5-7-2-1-3-8(4-7)6-10;1-2-4-6-5-3-1/h1-2,4H,5H2;1-5H. The maximum Gasteiger partial charge on any atom is 0.0998 e. The van der Waals surface area contributed by atoms with E-state index in [0.717, 1.165) is 10.9 Å². The van der Waals surface area contributed by atoms with Crippen molar-refractivity contribution in [2.45, 2.75) is 5.33 Å². The minimum atomic E-state index is 0.594. The molecule has 0 saturated carbocycles. The number of hydrogen-bond donors (Lipinski definition) is 0. The highest BCUT2D eigenvalue weighted by molar-refractivity contribution is 9.08. The maximum atomic E-state index is 8.46. The largest absolute Gasteiger partial charge is 0.192 e. The summed E-state index contributed by atoms with van der Waals surface area (Å²) < 4.78 is 0. The van der Waals surface area contributed by atoms with Crippen molar-refractivity contribution in [3.8, 4) is 6.07 Å². The third kappa shape index (κ3) is 4.77. The van der Waals surface area contributed by atoms with Gasteiger partial charge in [-0.05, 0) is 17.7 Å². The van der Waals surface area contributed by atoms with Gasteiger partial charge >= 0.3 is 0 Å². The molecule has 2 radical (unpaired) electrons. The lowest BCUT2D eigenvalue weighted by atomic mass is 10.2. The van der Waals surface area contributed by atoms with Gasteiger partial charge in [0.15, 0.2) is 0 Å². The van der Waals surface area contributed by atoms with Crippen LogP contribution in [0, 0.1) is 23.5 Å². The van der Waals surface area contributed by atoms with E-state index >= 15 is 0 Å². The number of hydrogen-bond acceptors (Lipinski definition) is 1. The van der Waals surface area contributed by atoms with E-state index in [1.54, 1.807) is 6.07 Å². The Morgan fingerprint density at radius 1 is 1.19 bits per heavy atom. The predicted molar refractivity (Wildman–Crippen MR) is 67.9 cm³/mol. The highest BCUT2D eigenvalue weighted by atomic mass is 79.9. The number of nitrogens with zero attached hydrogens (tertiary/aromatic N) is 1. The summed E-state index contributed by atoms with van der Waals surface area (Å²) in [7, 11) is 0. The topological polar surface area (TPSA) is 23.8 Å². The van der Waals surface area contributed by atoms with Crippen molar-refractivity contribution in [3.63, 3.8) is 0 Å². The maximum absolute atomic E-state index is 8.46. The zero-order chi connectivity index (χ0) is 11.6. The Morgan fingerprint density at radius 3 is 2.38 bits per heavy atom. The molecule has 2 aromatic rings. The summed E-state index contributed by atoms with van der Waals surface area (Å²) in [6.07, 6.45) is 0. The zero-order valence-electron chi connectivity index (χ0n) is 8.65. The molecule has 0 amide bonds. The van der Waals surface area contributed by atoms with Crippen LogP contribution in [0.1, 0.15) is 11.1 Å². The van der Waals surface area contributed by atoms with E-state index in [2.05, 4.69) is 28.1 Å². The molecule has 0 saturated heterocycles. The summed E-state index contributed by atoms with van der Waals surface area (Å²) in [4.78, 5) is 0. The summed E-state index contributed by atoms with van der Waals surface area (Å²) in [6, 6.07) is 22.8. The molecule has 78 valence electrons. The first-order valence-electron chi connectivity index (χ1n) is 4.74. The lowest BCUT2D eigenvalue weighted by Crippen LogP contribution is -1.78. The number of rotatable bonds is 1. The first kappa shape index (κ1) is 12.5. The van der Waals surface area contributed by atoms with Gasteiger partial charge in [-0.25, -0.2) is 0 Å². The molecule has 0 aliphatic carbocycles. The predicted octanol–water partition coefficient (Wildman–Crippen LogP) is 3.74. The fourth-order valence-corrected chi connectivity index (χ4v) is 1.35. The van der Waals surface area contributed by atoms with Crippen LogP contribution in [0.4, 0.5) is 0 Å². The van der Waals surface area contributed by atoms with Gasteiger partial charge in [0.25, 0.3) is 0 Å². The van der Waals surface area contributed by atoms with Crippen molar-refractivity contribution in [1.82, 2.24) is 0 Å². The van der Waals surface area contributed by atoms with Gasteiger partial charge in [0.05, 0.1) is 11.6 Å². The molecule has 16 heavy (non-hydrogen) atoms. The second kappa shape index (κ2) is 7.67. The van der Waals surface area contributed by atoms with Gasteiger partial charge in [-0.1, -0.05) is 58.4 Å². The fraction of sp³-hybridized carbons (Fsp3) is 0.0714. The average molecular weight is 272 g/mol. The van der Waals surface area contributed by atoms with E-state index in [-0.39, 0.29) is 0 Å². The minimum Gasteiger partial charge on any atom is -0.192 e. The van der Waals surface area contributed by atoms with Gasteiger partial charge in [-0.15, -0.1) is 0 Å². The Hall–Kier alpha value is -1.59. The molecule has 0 atom stereocenters. The van der Waals surface area contributed by atoms with E-state index in [0.29, 0.717) is 5.56 Å². The first-order chi connectivity index (χ1) is 7.86. The second-order valence-electron chi connectivity index (χ2n) is 2.93. The smallest absolute Gasteiger partial charge is 0.0998 e. The molecule has 0 aliphatic heterocycles. The molecular formula is C14H10BrN. The van der Waals surface area contributed by atoms with Crippen LogP contribution >= 0.6 is 15.9 Å². The second-order valence-corrected chi connectivity index (χ2v) is 3.49. The number of benzene rings is 2. The summed E-state index contributed by atoms with van der Waals surface area (Å²) in [6.45, 7) is 0. The minimum absolute atomic E-state index is 0.594. The van der Waals surface area contributed by atoms with Crippen LogP contribution in [-0.2, 0) is 5.33 Å². The van der Waals surface area contributed by atoms with Crippen molar-refractivity contribution in [1.29, 1.82) is 5.26 Å². The molecule has 2 aromatic carbocycles. The summed E-state index contributed by atoms with van der Waals surface area (Å²) >= 11 is 3.30. The van der Waals surface area contributed by atoms with Crippen LogP contribution in [0.3, 0.4) is 0 Å². The quantitative estimate of drug-likeness (QED) is 0.725. The molecule has 2 heteroatoms. The lowest BCUT2D eigenvalue weighted by Gasteiger charge is -1.92. The number of halogens is 1. The molecule has 0 fully saturated rings. The van der Waals surface area contributed by atoms with E-state index in [1.807, 2.05) is 48.5 Å². The van der Waals surface area contributed by atoms with Gasteiger partial charge < -0.3 is 0 Å². The average Bonchev–Trinajstić information content (AvgIpc) is 2.41. The van der Waals surface area contributed by atoms with E-state index in [1.165, 1.54) is 0 Å². The van der Waals surface area contributed by atoms with Gasteiger partial charge in [0, 0.05) is 11.4 Å². The van der Waals surface area contributed by atoms with Crippen molar-refractivity contribution < 1.29 is 0 Å². The van der Waals surface area contributed by atoms with Crippen LogP contribution in [0.15, 0.2) is 48.5 Å². The number of nitriles is 1. The summed E-state index contributed by atoms with van der Waals surface area (Å²) in [5.74, 6) is 0. The molecule has 1 nitrogen and oxygen atoms in total. The summed E-state index contributed by atoms with van der Waals surface area (Å²) in [5, 5.41) is 9.25. The fourth-order valence-electron chi connectivity index (χ4n) is 1.00. The van der Waals surface area contributed by atoms with Crippen molar-refractivity contribution in [2.75, 3.05) is 0 Å². The molecule has 0 N–H and O–H groups in total. The van der Waals surface area contributed by atoms with Gasteiger partial charge in [0.1, 0.15) is 0 Å². The van der Waals surface area contributed by atoms with Crippen LogP contribution in [0.2, 0.25) is 0 Å². The van der Waals surface area contributed by atoms with Crippen LogP contribution < -0.4 is 0 Å². The summed E-state index contributed by atoms with van der Waals surface area (Å²) in [5.41, 5.74) is 1.70. The molecule has 0 bridgehead atoms. The Labute approximate surface area is 104 Å². The van der Waals surface area contributed by atoms with Crippen molar-refractivity contribution in [3.05, 3.63) is 71.8 Å². The zero-order valence-corrected chi connectivity index (χ0v) is 10.2. The molecular weight excluding hydrogens is 262 g/mol. The molecule has 2 rings (SSSR count). The highest BCUT2D eigenvalue weighted by Gasteiger charge is 1.91. The molecule has 0 aliphatic rings. The van der Waals surface area contributed by atoms with Gasteiger partial charge in [-0.3, -0.25) is 0 Å². The monoisotopic (exact) mass is 271 g/mol.